The quantitative estimate of drug-likeness (QED) is 0.867. The van der Waals surface area contributed by atoms with Gasteiger partial charge in [-0.2, -0.15) is 0 Å². The Hall–Kier alpha value is -1.11. The van der Waals surface area contributed by atoms with E-state index < -0.39 is 0 Å². The van der Waals surface area contributed by atoms with Crippen molar-refractivity contribution in [1.82, 2.24) is 15.1 Å². The number of nitrogens with one attached hydrogen (secondary N) is 1. The molecule has 1 aromatic rings. The summed E-state index contributed by atoms with van der Waals surface area (Å²) in [6, 6.07) is 5.45. The first-order chi connectivity index (χ1) is 10.1. The van der Waals surface area contributed by atoms with Crippen LogP contribution in [0.2, 0.25) is 0 Å². The van der Waals surface area contributed by atoms with Crippen molar-refractivity contribution >= 4 is 21.8 Å². The molecule has 0 saturated carbocycles. The van der Waals surface area contributed by atoms with E-state index in [0.29, 0.717) is 11.3 Å². The second-order valence-electron chi connectivity index (χ2n) is 5.16. The number of hydrogen-bond donors (Lipinski definition) is 1. The highest BCUT2D eigenvalue weighted by molar-refractivity contribution is 9.10. The van der Waals surface area contributed by atoms with Gasteiger partial charge in [-0.25, -0.2) is 0 Å². The molecule has 1 aliphatic rings. The largest absolute Gasteiger partial charge is 0.497 e. The number of nitrogens with zero attached hydrogens (tertiary/aromatic N) is 2. The molecule has 0 aromatic heterocycles. The minimum atomic E-state index is 0.0101. The van der Waals surface area contributed by atoms with Crippen LogP contribution in [0.4, 0.5) is 0 Å². The predicted octanol–water partition coefficient (Wildman–Crippen LogP) is 1.43. The molecule has 5 nitrogen and oxygen atoms in total. The summed E-state index contributed by atoms with van der Waals surface area (Å²) < 4.78 is 5.98. The highest BCUT2D eigenvalue weighted by Gasteiger charge is 2.17. The fraction of sp³-hybridized carbons (Fsp3) is 0.533. The SMILES string of the molecule is COc1ccc(Br)c(C(=O)N(C)CCN2CCNCC2)c1. The molecule has 21 heavy (non-hydrogen) atoms. The first-order valence-electron chi connectivity index (χ1n) is 7.14. The number of hydrogen-bond acceptors (Lipinski definition) is 4. The summed E-state index contributed by atoms with van der Waals surface area (Å²) in [6.07, 6.45) is 0. The molecule has 1 N–H and O–H groups in total. The Morgan fingerprint density at radius 1 is 1.43 bits per heavy atom. The molecular formula is C15H22BrN3O2. The first-order valence-corrected chi connectivity index (χ1v) is 7.93. The van der Waals surface area contributed by atoms with Gasteiger partial charge in [0, 0.05) is 50.8 Å². The van der Waals surface area contributed by atoms with Crippen LogP contribution >= 0.6 is 15.9 Å². The van der Waals surface area contributed by atoms with E-state index in [9.17, 15) is 4.79 Å². The zero-order valence-corrected chi connectivity index (χ0v) is 14.1. The monoisotopic (exact) mass is 355 g/mol. The smallest absolute Gasteiger partial charge is 0.254 e. The van der Waals surface area contributed by atoms with Gasteiger partial charge < -0.3 is 15.0 Å². The molecule has 1 amide bonds. The lowest BCUT2D eigenvalue weighted by atomic mass is 10.2. The third-order valence-electron chi connectivity index (χ3n) is 3.71. The number of likely N-dealkylation sites (N-methyl/N-ethyl adjacent to an activating group) is 1. The third-order valence-corrected chi connectivity index (χ3v) is 4.40. The van der Waals surface area contributed by atoms with Crippen molar-refractivity contribution < 1.29 is 9.53 Å². The maximum absolute atomic E-state index is 12.5. The van der Waals surface area contributed by atoms with E-state index in [1.165, 1.54) is 0 Å². The van der Waals surface area contributed by atoms with E-state index in [1.807, 2.05) is 19.2 Å². The van der Waals surface area contributed by atoms with Crippen LogP contribution in [0, 0.1) is 0 Å². The van der Waals surface area contributed by atoms with Crippen LogP contribution in [-0.2, 0) is 0 Å². The van der Waals surface area contributed by atoms with Gasteiger partial charge in [0.05, 0.1) is 12.7 Å². The average Bonchev–Trinajstić information content (AvgIpc) is 2.53. The number of benzene rings is 1. The van der Waals surface area contributed by atoms with Crippen molar-refractivity contribution in [3.05, 3.63) is 28.2 Å². The maximum Gasteiger partial charge on any atom is 0.254 e. The van der Waals surface area contributed by atoms with Crippen molar-refractivity contribution in [2.45, 2.75) is 0 Å². The molecule has 1 saturated heterocycles. The Morgan fingerprint density at radius 2 is 2.14 bits per heavy atom. The van der Waals surface area contributed by atoms with E-state index >= 15 is 0 Å². The van der Waals surface area contributed by atoms with Gasteiger partial charge in [0.2, 0.25) is 0 Å². The van der Waals surface area contributed by atoms with Gasteiger partial charge in [-0.05, 0) is 34.1 Å². The molecule has 116 valence electrons. The summed E-state index contributed by atoms with van der Waals surface area (Å²) in [7, 11) is 3.45. The van der Waals surface area contributed by atoms with E-state index in [1.54, 1.807) is 18.1 Å². The van der Waals surface area contributed by atoms with Crippen LogP contribution in [0.15, 0.2) is 22.7 Å². The predicted molar refractivity (Wildman–Crippen MR) is 87.0 cm³/mol. The Bertz CT molecular complexity index is 490. The lowest BCUT2D eigenvalue weighted by Gasteiger charge is -2.29. The molecule has 0 spiro atoms. The van der Waals surface area contributed by atoms with Crippen LogP contribution in [-0.4, -0.2) is 69.1 Å². The number of rotatable bonds is 5. The summed E-state index contributed by atoms with van der Waals surface area (Å²) in [5.74, 6) is 0.702. The van der Waals surface area contributed by atoms with Gasteiger partial charge in [0.25, 0.3) is 5.91 Å². The molecule has 0 unspecified atom stereocenters. The summed E-state index contributed by atoms with van der Waals surface area (Å²) in [5.41, 5.74) is 0.636. The van der Waals surface area contributed by atoms with Crippen LogP contribution in [0.25, 0.3) is 0 Å². The average molecular weight is 356 g/mol. The van der Waals surface area contributed by atoms with E-state index in [4.69, 9.17) is 4.74 Å². The van der Waals surface area contributed by atoms with Crippen molar-refractivity contribution in [2.75, 3.05) is 53.4 Å². The highest BCUT2D eigenvalue weighted by Crippen LogP contribution is 2.23. The third kappa shape index (κ3) is 4.43. The van der Waals surface area contributed by atoms with Crippen molar-refractivity contribution in [2.24, 2.45) is 0 Å². The number of halogens is 1. The molecule has 1 aliphatic heterocycles. The zero-order valence-electron chi connectivity index (χ0n) is 12.6. The Kier molecular flexibility index (Phi) is 6.02. The van der Waals surface area contributed by atoms with Gasteiger partial charge in [-0.3, -0.25) is 9.69 Å². The first kappa shape index (κ1) is 16.3. The van der Waals surface area contributed by atoms with E-state index in [-0.39, 0.29) is 5.91 Å². The Labute approximate surface area is 134 Å². The Balaban J connectivity index is 1.95. The van der Waals surface area contributed by atoms with Crippen LogP contribution in [0.3, 0.4) is 0 Å². The number of amides is 1. The number of piperazine rings is 1. The second kappa shape index (κ2) is 7.77. The van der Waals surface area contributed by atoms with Crippen molar-refractivity contribution in [1.29, 1.82) is 0 Å². The Morgan fingerprint density at radius 3 is 2.81 bits per heavy atom. The molecule has 2 rings (SSSR count). The topological polar surface area (TPSA) is 44.8 Å². The molecule has 0 aliphatic carbocycles. The standard InChI is InChI=1S/C15H22BrN3O2/c1-18(9-10-19-7-5-17-6-8-19)15(20)13-11-12(21-2)3-4-14(13)16/h3-4,11,17H,5-10H2,1-2H3. The molecule has 1 aromatic carbocycles. The van der Waals surface area contributed by atoms with Crippen molar-refractivity contribution in [3.63, 3.8) is 0 Å². The van der Waals surface area contributed by atoms with Gasteiger partial charge >= 0.3 is 0 Å². The molecule has 6 heteroatoms. The number of methoxy groups -OCH3 is 1. The maximum atomic E-state index is 12.5. The summed E-state index contributed by atoms with van der Waals surface area (Å²) in [6.45, 7) is 5.78. The molecular weight excluding hydrogens is 334 g/mol. The molecule has 0 radical (unpaired) electrons. The van der Waals surface area contributed by atoms with E-state index in [0.717, 1.165) is 43.7 Å². The fourth-order valence-corrected chi connectivity index (χ4v) is 2.74. The zero-order chi connectivity index (χ0) is 15.2. The lowest BCUT2D eigenvalue weighted by molar-refractivity contribution is 0.0773. The highest BCUT2D eigenvalue weighted by atomic mass is 79.9. The number of carbonyl (C=O) groups excluding carboxylic acids is 1. The van der Waals surface area contributed by atoms with Gasteiger partial charge in [-0.15, -0.1) is 0 Å². The molecule has 0 bridgehead atoms. The van der Waals surface area contributed by atoms with Crippen LogP contribution in [0.1, 0.15) is 10.4 Å². The second-order valence-corrected chi connectivity index (χ2v) is 6.02. The normalized spacial score (nSPS) is 15.8. The van der Waals surface area contributed by atoms with E-state index in [2.05, 4.69) is 26.1 Å². The minimum Gasteiger partial charge on any atom is -0.497 e. The summed E-state index contributed by atoms with van der Waals surface area (Å²) in [5, 5.41) is 3.33. The number of carbonyl (C=O) groups is 1. The fourth-order valence-electron chi connectivity index (χ4n) is 2.33. The van der Waals surface area contributed by atoms with Crippen molar-refractivity contribution in [3.8, 4) is 5.75 Å². The summed E-state index contributed by atoms with van der Waals surface area (Å²) >= 11 is 3.43. The van der Waals surface area contributed by atoms with Crippen LogP contribution in [0.5, 0.6) is 5.75 Å². The molecule has 1 heterocycles. The van der Waals surface area contributed by atoms with Gasteiger partial charge in [0.15, 0.2) is 0 Å². The van der Waals surface area contributed by atoms with Gasteiger partial charge in [-0.1, -0.05) is 0 Å². The molecule has 0 atom stereocenters. The van der Waals surface area contributed by atoms with Crippen LogP contribution < -0.4 is 10.1 Å². The van der Waals surface area contributed by atoms with Gasteiger partial charge in [0.1, 0.15) is 5.75 Å². The number of ether oxygens (including phenoxy) is 1. The molecule has 1 fully saturated rings. The minimum absolute atomic E-state index is 0.0101. The summed E-state index contributed by atoms with van der Waals surface area (Å²) in [4.78, 5) is 16.7. The lowest BCUT2D eigenvalue weighted by Crippen LogP contribution is -2.46.